The van der Waals surface area contributed by atoms with Crippen molar-refractivity contribution in [2.75, 3.05) is 7.11 Å². The summed E-state index contributed by atoms with van der Waals surface area (Å²) in [7, 11) is -2.72. The Labute approximate surface area is 300 Å². The van der Waals surface area contributed by atoms with E-state index in [4.69, 9.17) is 13.6 Å². The van der Waals surface area contributed by atoms with Crippen LogP contribution in [0.2, 0.25) is 36.3 Å². The first-order valence-corrected chi connectivity index (χ1v) is 24.7. The van der Waals surface area contributed by atoms with Gasteiger partial charge in [-0.25, -0.2) is 4.79 Å². The van der Waals surface area contributed by atoms with E-state index in [0.717, 1.165) is 31.3 Å². The van der Waals surface area contributed by atoms with Crippen molar-refractivity contribution >= 4 is 28.6 Å². The molecular formula is C41H68O6Si2. The molecule has 4 rings (SSSR count). The normalized spacial score (nSPS) is 31.6. The van der Waals surface area contributed by atoms with Crippen LogP contribution in [0.4, 0.5) is 4.79 Å². The standard InChI is InChI=1S/C41H68O6Si2/c1-28(17-22-36(42)41(24-25-41)45-37(43)44-10)33-20-21-34-30(16-15-23-40(33,34)9)18-19-31-26-32(46-48(11,12)38(3,4)5)27-35(29(31)2)47-49(13,14)39(6,7)8/h17-19,22,28,32-35H,2,15-16,20-21,23-27H2,1,3-14H3/b22-17+,30-18+,31-19+/t28-,32?,33-,34+,35?,40-/m1/s1. The molecule has 4 aliphatic carbocycles. The number of carbonyl (C=O) groups excluding carboxylic acids is 2. The molecule has 0 aromatic carbocycles. The lowest BCUT2D eigenvalue weighted by atomic mass is 9.61. The van der Waals surface area contributed by atoms with Crippen LogP contribution >= 0.6 is 0 Å². The second-order valence-corrected chi connectivity index (χ2v) is 28.5. The molecule has 49 heavy (non-hydrogen) atoms. The van der Waals surface area contributed by atoms with Crippen LogP contribution in [0.5, 0.6) is 0 Å². The van der Waals surface area contributed by atoms with Gasteiger partial charge in [0.15, 0.2) is 28.0 Å². The third-order valence-electron chi connectivity index (χ3n) is 13.6. The Balaban J connectivity index is 1.55. The van der Waals surface area contributed by atoms with Crippen LogP contribution < -0.4 is 0 Å². The van der Waals surface area contributed by atoms with Crippen molar-refractivity contribution in [1.29, 1.82) is 0 Å². The third kappa shape index (κ3) is 8.66. The van der Waals surface area contributed by atoms with Crippen LogP contribution in [0.1, 0.15) is 113 Å². The Bertz CT molecular complexity index is 1350. The molecule has 0 aliphatic heterocycles. The quantitative estimate of drug-likeness (QED) is 0.128. The smallest absolute Gasteiger partial charge is 0.438 e. The molecule has 4 fully saturated rings. The summed E-state index contributed by atoms with van der Waals surface area (Å²) >= 11 is 0. The molecular weight excluding hydrogens is 645 g/mol. The molecule has 0 radical (unpaired) electrons. The van der Waals surface area contributed by atoms with Crippen molar-refractivity contribution in [3.8, 4) is 0 Å². The fourth-order valence-corrected chi connectivity index (χ4v) is 10.8. The number of ketones is 1. The molecule has 0 saturated heterocycles. The number of carbonyl (C=O) groups is 2. The zero-order valence-corrected chi connectivity index (χ0v) is 35.2. The van der Waals surface area contributed by atoms with Gasteiger partial charge in [0.2, 0.25) is 0 Å². The van der Waals surface area contributed by atoms with E-state index in [1.54, 1.807) is 11.6 Å². The number of methoxy groups -OCH3 is 1. The number of allylic oxidation sites excluding steroid dienone is 4. The molecule has 0 heterocycles. The van der Waals surface area contributed by atoms with Gasteiger partial charge < -0.3 is 18.3 Å². The van der Waals surface area contributed by atoms with Crippen LogP contribution in [0.25, 0.3) is 0 Å². The highest BCUT2D eigenvalue weighted by Crippen LogP contribution is 2.59. The zero-order valence-electron chi connectivity index (χ0n) is 33.2. The second-order valence-electron chi connectivity index (χ2n) is 19.0. The molecule has 2 unspecified atom stereocenters. The van der Waals surface area contributed by atoms with Crippen LogP contribution in [0, 0.1) is 23.2 Å². The van der Waals surface area contributed by atoms with E-state index in [0.29, 0.717) is 24.7 Å². The van der Waals surface area contributed by atoms with Gasteiger partial charge in [0.05, 0.1) is 19.3 Å². The van der Waals surface area contributed by atoms with E-state index in [2.05, 4.69) is 111 Å². The van der Waals surface area contributed by atoms with Crippen molar-refractivity contribution in [2.45, 2.75) is 167 Å². The summed E-state index contributed by atoms with van der Waals surface area (Å²) < 4.78 is 24.1. The maximum absolute atomic E-state index is 13.0. The Kier molecular flexibility index (Phi) is 11.7. The highest BCUT2D eigenvalue weighted by Gasteiger charge is 2.54. The van der Waals surface area contributed by atoms with Crippen molar-refractivity contribution in [3.05, 3.63) is 47.6 Å². The molecule has 0 aromatic rings. The first kappa shape index (κ1) is 40.0. The van der Waals surface area contributed by atoms with Crippen LogP contribution in [-0.2, 0) is 23.1 Å². The highest BCUT2D eigenvalue weighted by atomic mass is 28.4. The number of hydrogen-bond acceptors (Lipinski definition) is 6. The first-order chi connectivity index (χ1) is 22.5. The molecule has 276 valence electrons. The van der Waals surface area contributed by atoms with Crippen molar-refractivity contribution in [1.82, 2.24) is 0 Å². The molecule has 8 heteroatoms. The Morgan fingerprint density at radius 2 is 1.55 bits per heavy atom. The minimum atomic E-state index is -2.02. The monoisotopic (exact) mass is 712 g/mol. The molecule has 6 atom stereocenters. The van der Waals surface area contributed by atoms with E-state index >= 15 is 0 Å². The number of hydrogen-bond donors (Lipinski definition) is 0. The van der Waals surface area contributed by atoms with Crippen LogP contribution in [0.3, 0.4) is 0 Å². The van der Waals surface area contributed by atoms with Gasteiger partial charge >= 0.3 is 6.16 Å². The van der Waals surface area contributed by atoms with Crippen molar-refractivity contribution < 1.29 is 27.9 Å². The largest absolute Gasteiger partial charge is 0.508 e. The number of fused-ring (bicyclic) bond motifs is 1. The summed E-state index contributed by atoms with van der Waals surface area (Å²) in [5.41, 5.74) is 3.13. The predicted octanol–water partition coefficient (Wildman–Crippen LogP) is 11.3. The average molecular weight is 713 g/mol. The van der Waals surface area contributed by atoms with E-state index in [1.165, 1.54) is 31.9 Å². The third-order valence-corrected chi connectivity index (χ3v) is 22.6. The maximum Gasteiger partial charge on any atom is 0.508 e. The van der Waals surface area contributed by atoms with E-state index < -0.39 is 28.4 Å². The van der Waals surface area contributed by atoms with Gasteiger partial charge in [0.1, 0.15) is 0 Å². The summed E-state index contributed by atoms with van der Waals surface area (Å²) in [6.45, 7) is 32.7. The van der Waals surface area contributed by atoms with Crippen molar-refractivity contribution in [2.24, 2.45) is 23.2 Å². The minimum Gasteiger partial charge on any atom is -0.438 e. The van der Waals surface area contributed by atoms with Gasteiger partial charge in [-0.2, -0.15) is 0 Å². The topological polar surface area (TPSA) is 71.1 Å². The lowest BCUT2D eigenvalue weighted by molar-refractivity contribution is -0.126. The first-order valence-electron chi connectivity index (χ1n) is 18.9. The lowest BCUT2D eigenvalue weighted by Crippen LogP contribution is -2.49. The van der Waals surface area contributed by atoms with Gasteiger partial charge in [-0.3, -0.25) is 4.79 Å². The predicted molar refractivity (Wildman–Crippen MR) is 206 cm³/mol. The van der Waals surface area contributed by atoms with Gasteiger partial charge in [-0.15, -0.1) is 0 Å². The fraction of sp³-hybridized carbons (Fsp3) is 0.756. The average Bonchev–Trinajstić information content (AvgIpc) is 3.67. The van der Waals surface area contributed by atoms with Crippen molar-refractivity contribution in [3.63, 3.8) is 0 Å². The minimum absolute atomic E-state index is 0.0234. The van der Waals surface area contributed by atoms with Gasteiger partial charge in [-0.1, -0.05) is 85.8 Å². The van der Waals surface area contributed by atoms with Crippen LogP contribution in [-0.4, -0.2) is 53.5 Å². The number of ether oxygens (including phenoxy) is 2. The van der Waals surface area contributed by atoms with E-state index in [-0.39, 0.29) is 39.4 Å². The molecule has 6 nitrogen and oxygen atoms in total. The Hall–Kier alpha value is -1.75. The summed E-state index contributed by atoms with van der Waals surface area (Å²) in [6, 6.07) is 0. The van der Waals surface area contributed by atoms with Gasteiger partial charge in [0.25, 0.3) is 0 Å². The fourth-order valence-electron chi connectivity index (χ4n) is 8.15. The summed E-state index contributed by atoms with van der Waals surface area (Å²) in [5, 5.41) is 0.262. The summed E-state index contributed by atoms with van der Waals surface area (Å²) in [6.07, 6.45) is 16.6. The van der Waals surface area contributed by atoms with Gasteiger partial charge in [-0.05, 0) is 128 Å². The number of rotatable bonds is 10. The molecule has 0 bridgehead atoms. The molecule has 0 amide bonds. The molecule has 0 aromatic heterocycles. The SMILES string of the molecule is C=C1/C(=C/C=C2\CCC[C@]3(C)[C@@H]([C@H](C)/C=C/C(=O)C4(OC(=O)OC)CC4)CC[C@@H]23)CC(O[Si](C)(C)C(C)(C)C)CC1O[Si](C)(C)C(C)(C)C. The molecule has 0 spiro atoms. The summed E-state index contributed by atoms with van der Waals surface area (Å²) in [4.78, 5) is 24.7. The molecule has 4 saturated carbocycles. The summed E-state index contributed by atoms with van der Waals surface area (Å²) in [5.74, 6) is 1.15. The lowest BCUT2D eigenvalue weighted by Gasteiger charge is -2.45. The van der Waals surface area contributed by atoms with E-state index in [1.807, 2.05) is 0 Å². The maximum atomic E-state index is 13.0. The van der Waals surface area contributed by atoms with Gasteiger partial charge in [0, 0.05) is 6.42 Å². The Morgan fingerprint density at radius 1 is 0.939 bits per heavy atom. The second kappa shape index (κ2) is 14.3. The van der Waals surface area contributed by atoms with E-state index in [9.17, 15) is 9.59 Å². The molecule has 4 aliphatic rings. The zero-order chi connectivity index (χ0) is 36.8. The molecule has 0 N–H and O–H groups in total. The highest BCUT2D eigenvalue weighted by molar-refractivity contribution is 6.74. The van der Waals surface area contributed by atoms with Crippen LogP contribution in [0.15, 0.2) is 47.6 Å². The Morgan fingerprint density at radius 3 is 2.12 bits per heavy atom.